The minimum absolute atomic E-state index is 0.314. The van der Waals surface area contributed by atoms with Crippen molar-refractivity contribution >= 4 is 40.5 Å². The summed E-state index contributed by atoms with van der Waals surface area (Å²) < 4.78 is 0. The molecule has 0 aromatic heterocycles. The van der Waals surface area contributed by atoms with Crippen LogP contribution in [0, 0.1) is 6.57 Å². The molecule has 3 rings (SSSR count). The van der Waals surface area contributed by atoms with Crippen LogP contribution < -0.4 is 14.7 Å². The molecule has 3 aromatic carbocycles. The fourth-order valence-corrected chi connectivity index (χ4v) is 4.39. The molecule has 38 heavy (non-hydrogen) atoms. The predicted octanol–water partition coefficient (Wildman–Crippen LogP) is 7.75. The van der Waals surface area contributed by atoms with Crippen molar-refractivity contribution in [2.75, 3.05) is 40.9 Å². The SMILES string of the molecule is [C-]#[N+]/C(=C\C=C\c1ccc(N(c2ccc(N(CC)CC)cc2)c2ccc(N(CC)CC)cc2)cc1)C(=O)O. The van der Waals surface area contributed by atoms with E-state index in [1.54, 1.807) is 12.2 Å². The van der Waals surface area contributed by atoms with Gasteiger partial charge in [-0.3, -0.25) is 4.79 Å². The van der Waals surface area contributed by atoms with Crippen molar-refractivity contribution < 1.29 is 9.90 Å². The molecule has 0 aliphatic rings. The number of rotatable bonds is 12. The minimum atomic E-state index is -1.23. The van der Waals surface area contributed by atoms with Crippen molar-refractivity contribution in [1.82, 2.24) is 0 Å². The summed E-state index contributed by atoms with van der Waals surface area (Å²) in [4.78, 5) is 20.9. The maximum atomic E-state index is 11.0. The van der Waals surface area contributed by atoms with E-state index < -0.39 is 5.97 Å². The number of allylic oxidation sites excluding steroid dienone is 2. The van der Waals surface area contributed by atoms with Crippen molar-refractivity contribution in [1.29, 1.82) is 0 Å². The lowest BCUT2D eigenvalue weighted by Crippen LogP contribution is -2.22. The number of carbonyl (C=O) groups is 1. The highest BCUT2D eigenvalue weighted by molar-refractivity contribution is 5.89. The number of aliphatic carboxylic acids is 1. The molecular weight excluding hydrogens is 472 g/mol. The normalized spacial score (nSPS) is 11.3. The van der Waals surface area contributed by atoms with E-state index in [2.05, 4.69) is 95.8 Å². The molecule has 0 heterocycles. The first kappa shape index (κ1) is 28.1. The van der Waals surface area contributed by atoms with Gasteiger partial charge in [0.05, 0.1) is 6.57 Å². The van der Waals surface area contributed by atoms with Gasteiger partial charge < -0.3 is 19.8 Å². The number of nitrogens with zero attached hydrogens (tertiary/aromatic N) is 4. The highest BCUT2D eigenvalue weighted by atomic mass is 16.4. The second-order valence-corrected chi connectivity index (χ2v) is 8.63. The number of benzene rings is 3. The summed E-state index contributed by atoms with van der Waals surface area (Å²) >= 11 is 0. The van der Waals surface area contributed by atoms with Crippen molar-refractivity contribution in [3.63, 3.8) is 0 Å². The van der Waals surface area contributed by atoms with E-state index >= 15 is 0 Å². The van der Waals surface area contributed by atoms with E-state index in [0.29, 0.717) is 0 Å². The molecule has 0 unspecified atom stereocenters. The lowest BCUT2D eigenvalue weighted by molar-refractivity contribution is -0.132. The molecule has 0 atom stereocenters. The van der Waals surface area contributed by atoms with Crippen LogP contribution in [-0.2, 0) is 4.79 Å². The first-order valence-electron chi connectivity index (χ1n) is 13.0. The molecule has 6 heteroatoms. The molecule has 0 radical (unpaired) electrons. The average molecular weight is 509 g/mol. The Morgan fingerprint density at radius 1 is 0.711 bits per heavy atom. The molecule has 0 fully saturated rings. The van der Waals surface area contributed by atoms with Crippen LogP contribution >= 0.6 is 0 Å². The highest BCUT2D eigenvalue weighted by Gasteiger charge is 2.14. The first-order valence-corrected chi connectivity index (χ1v) is 13.0. The van der Waals surface area contributed by atoms with E-state index in [1.165, 1.54) is 17.5 Å². The van der Waals surface area contributed by atoms with Crippen LogP contribution in [0.4, 0.5) is 28.4 Å². The van der Waals surface area contributed by atoms with Crippen LogP contribution in [0.2, 0.25) is 0 Å². The molecule has 1 N–H and O–H groups in total. The number of anilines is 5. The Labute approximate surface area is 226 Å². The molecule has 0 saturated heterocycles. The summed E-state index contributed by atoms with van der Waals surface area (Å²) in [6.45, 7) is 19.5. The summed E-state index contributed by atoms with van der Waals surface area (Å²) in [5, 5.41) is 9.01. The van der Waals surface area contributed by atoms with Gasteiger partial charge in [0.2, 0.25) is 0 Å². The van der Waals surface area contributed by atoms with Crippen LogP contribution in [-0.4, -0.2) is 37.3 Å². The fraction of sp³-hybridized carbons (Fsp3) is 0.250. The third-order valence-corrected chi connectivity index (χ3v) is 6.51. The van der Waals surface area contributed by atoms with Gasteiger partial charge in [-0.1, -0.05) is 24.3 Å². The van der Waals surface area contributed by atoms with Crippen LogP contribution in [0.1, 0.15) is 33.3 Å². The van der Waals surface area contributed by atoms with Gasteiger partial charge in [0.15, 0.2) is 0 Å². The second kappa shape index (κ2) is 13.7. The lowest BCUT2D eigenvalue weighted by Gasteiger charge is -2.28. The van der Waals surface area contributed by atoms with Crippen molar-refractivity contribution in [2.24, 2.45) is 0 Å². The van der Waals surface area contributed by atoms with Gasteiger partial charge in [0, 0.05) is 54.6 Å². The van der Waals surface area contributed by atoms with E-state index in [1.807, 2.05) is 24.3 Å². The Hall–Kier alpha value is -4.50. The Morgan fingerprint density at radius 3 is 1.42 bits per heavy atom. The average Bonchev–Trinajstić information content (AvgIpc) is 2.95. The second-order valence-electron chi connectivity index (χ2n) is 8.63. The summed E-state index contributed by atoms with van der Waals surface area (Å²) in [5.41, 5.74) is 6.13. The lowest BCUT2D eigenvalue weighted by atomic mass is 10.1. The van der Waals surface area contributed by atoms with Gasteiger partial charge in [0.1, 0.15) is 0 Å². The largest absolute Gasteiger partial charge is 0.486 e. The van der Waals surface area contributed by atoms with Gasteiger partial charge in [-0.15, -0.1) is 0 Å². The zero-order chi connectivity index (χ0) is 27.5. The van der Waals surface area contributed by atoms with Gasteiger partial charge in [0.25, 0.3) is 5.70 Å². The zero-order valence-electron chi connectivity index (χ0n) is 22.6. The summed E-state index contributed by atoms with van der Waals surface area (Å²) in [5.74, 6) is -1.23. The summed E-state index contributed by atoms with van der Waals surface area (Å²) in [6, 6.07) is 25.4. The third kappa shape index (κ3) is 6.83. The van der Waals surface area contributed by atoms with E-state index in [4.69, 9.17) is 11.7 Å². The maximum absolute atomic E-state index is 11.0. The summed E-state index contributed by atoms with van der Waals surface area (Å²) in [7, 11) is 0. The van der Waals surface area contributed by atoms with Crippen LogP contribution in [0.3, 0.4) is 0 Å². The topological polar surface area (TPSA) is 51.4 Å². The van der Waals surface area contributed by atoms with Gasteiger partial charge in [-0.2, -0.15) is 0 Å². The molecule has 6 nitrogen and oxygen atoms in total. The monoisotopic (exact) mass is 508 g/mol. The fourth-order valence-electron chi connectivity index (χ4n) is 4.39. The predicted molar refractivity (Wildman–Crippen MR) is 160 cm³/mol. The number of carboxylic acids is 1. The van der Waals surface area contributed by atoms with E-state index in [-0.39, 0.29) is 5.70 Å². The minimum Gasteiger partial charge on any atom is -0.486 e. The van der Waals surface area contributed by atoms with Gasteiger partial charge in [-0.05, 0) is 100.0 Å². The van der Waals surface area contributed by atoms with E-state index in [9.17, 15) is 4.79 Å². The third-order valence-electron chi connectivity index (χ3n) is 6.51. The van der Waals surface area contributed by atoms with Gasteiger partial charge >= 0.3 is 5.97 Å². The van der Waals surface area contributed by atoms with Crippen LogP contribution in [0.25, 0.3) is 10.9 Å². The molecule has 0 spiro atoms. The number of carboxylic acid groups (broad SMARTS) is 1. The van der Waals surface area contributed by atoms with E-state index in [0.717, 1.165) is 48.8 Å². The van der Waals surface area contributed by atoms with Crippen molar-refractivity contribution in [3.05, 3.63) is 108 Å². The Bertz CT molecular complexity index is 1220. The zero-order valence-corrected chi connectivity index (χ0v) is 22.6. The van der Waals surface area contributed by atoms with Crippen LogP contribution in [0.5, 0.6) is 0 Å². The molecule has 196 valence electrons. The van der Waals surface area contributed by atoms with Crippen molar-refractivity contribution in [2.45, 2.75) is 27.7 Å². The Kier molecular flexibility index (Phi) is 10.1. The first-order chi connectivity index (χ1) is 18.4. The number of hydrogen-bond acceptors (Lipinski definition) is 4. The highest BCUT2D eigenvalue weighted by Crippen LogP contribution is 2.36. The quantitative estimate of drug-likeness (QED) is 0.154. The molecular formula is C32H36N4O2. The van der Waals surface area contributed by atoms with Crippen LogP contribution in [0.15, 0.2) is 90.6 Å². The summed E-state index contributed by atoms with van der Waals surface area (Å²) in [6.07, 6.45) is 4.69. The Morgan fingerprint density at radius 2 is 1.08 bits per heavy atom. The molecule has 3 aromatic rings. The smallest absolute Gasteiger partial charge is 0.333 e. The molecule has 0 aliphatic heterocycles. The molecule has 0 amide bonds. The molecule has 0 aliphatic carbocycles. The number of hydrogen-bond donors (Lipinski definition) is 1. The van der Waals surface area contributed by atoms with Gasteiger partial charge in [-0.25, -0.2) is 4.85 Å². The standard InChI is InChI=1S/C32H36N4O2/c1-6-34(7-2)26-17-21-29(22-18-26)36(30-23-19-27(20-24-30)35(8-3)9-4)28-15-13-25(14-16-28)11-10-12-31(33-5)32(37)38/h10-24H,6-9H2,1-4H3,(H,37,38)/b11-10+,31-12-. The maximum Gasteiger partial charge on any atom is 0.333 e. The van der Waals surface area contributed by atoms with Crippen molar-refractivity contribution in [3.8, 4) is 0 Å². The molecule has 0 bridgehead atoms. The Balaban J connectivity index is 1.98. The molecule has 0 saturated carbocycles.